The Hall–Kier alpha value is 0.0569. The van der Waals surface area contributed by atoms with Gasteiger partial charge in [-0.3, -0.25) is 0 Å². The molecule has 0 bridgehead atoms. The molecule has 5 heteroatoms. The number of hydrogen-bond acceptors (Lipinski definition) is 4. The van der Waals surface area contributed by atoms with Gasteiger partial charge in [-0.1, -0.05) is 122 Å². The van der Waals surface area contributed by atoms with Crippen LogP contribution in [0.15, 0.2) is 0 Å². The first-order chi connectivity index (χ1) is 16.8. The van der Waals surface area contributed by atoms with Gasteiger partial charge in [-0.2, -0.15) is 0 Å². The molecule has 0 radical (unpaired) electrons. The van der Waals surface area contributed by atoms with Crippen molar-refractivity contribution in [1.29, 1.82) is 0 Å². The molecule has 1 atom stereocenters. The van der Waals surface area contributed by atoms with E-state index in [0.717, 1.165) is 18.9 Å². The van der Waals surface area contributed by atoms with Gasteiger partial charge in [0.1, 0.15) is 0 Å². The minimum absolute atomic E-state index is 0.133. The molecule has 35 heavy (non-hydrogen) atoms. The van der Waals surface area contributed by atoms with Crippen molar-refractivity contribution in [1.82, 2.24) is 0 Å². The second kappa shape index (κ2) is 23.2. The number of nitrogens with two attached hydrogens (primary N) is 1. The third-order valence-electron chi connectivity index (χ3n) is 7.93. The predicted octanol–water partition coefficient (Wildman–Crippen LogP) is 9.43. The van der Waals surface area contributed by atoms with Crippen molar-refractivity contribution in [3.05, 3.63) is 0 Å². The van der Waals surface area contributed by atoms with Crippen LogP contribution in [0, 0.1) is 5.92 Å². The van der Waals surface area contributed by atoms with Crippen LogP contribution >= 0.6 is 0 Å². The molecule has 0 aliphatic carbocycles. The maximum Gasteiger partial charge on any atom is 0.500 e. The van der Waals surface area contributed by atoms with Gasteiger partial charge >= 0.3 is 8.80 Å². The molecule has 0 amide bonds. The summed E-state index contributed by atoms with van der Waals surface area (Å²) < 4.78 is 16.7. The van der Waals surface area contributed by atoms with Crippen LogP contribution in [0.1, 0.15) is 156 Å². The smallest absolute Gasteiger partial charge is 0.377 e. The maximum atomic E-state index is 6.52. The van der Waals surface area contributed by atoms with E-state index in [9.17, 15) is 0 Å². The lowest BCUT2D eigenvalue weighted by Gasteiger charge is -2.32. The number of rotatable bonds is 27. The first-order valence-corrected chi connectivity index (χ1v) is 17.2. The van der Waals surface area contributed by atoms with Crippen molar-refractivity contribution < 1.29 is 13.3 Å². The van der Waals surface area contributed by atoms with E-state index in [-0.39, 0.29) is 5.54 Å². The molecule has 0 aromatic heterocycles. The van der Waals surface area contributed by atoms with Gasteiger partial charge in [-0.05, 0) is 39.0 Å². The zero-order valence-corrected chi connectivity index (χ0v) is 25.9. The SMILES string of the molecule is CCCCCCCCCCCCCCCCCCCCC(CCC[Si](OC)(OC)OC)C(C)(C)N. The van der Waals surface area contributed by atoms with Crippen LogP contribution in [-0.4, -0.2) is 35.7 Å². The van der Waals surface area contributed by atoms with Crippen molar-refractivity contribution in [2.75, 3.05) is 21.3 Å². The minimum atomic E-state index is -2.46. The largest absolute Gasteiger partial charge is 0.500 e. The van der Waals surface area contributed by atoms with Crippen molar-refractivity contribution >= 4 is 8.80 Å². The zero-order valence-electron chi connectivity index (χ0n) is 24.9. The standard InChI is InChI=1S/C30H65NO3Si/c1-7-8-9-10-11-12-13-14-15-16-17-18-19-20-21-22-23-24-26-29(30(2,3)31)27-25-28-35(32-4,33-5)34-6/h29H,7-28,31H2,1-6H3. The number of hydrogen-bond donors (Lipinski definition) is 1. The second-order valence-electron chi connectivity index (χ2n) is 11.5. The molecule has 0 aromatic rings. The van der Waals surface area contributed by atoms with E-state index in [4.69, 9.17) is 19.0 Å². The van der Waals surface area contributed by atoms with Crippen molar-refractivity contribution in [2.45, 2.75) is 167 Å². The summed E-state index contributed by atoms with van der Waals surface area (Å²) in [4.78, 5) is 0. The first kappa shape index (κ1) is 35.1. The average molecular weight is 516 g/mol. The lowest BCUT2D eigenvalue weighted by molar-refractivity contribution is 0.121. The van der Waals surface area contributed by atoms with Gasteiger partial charge in [-0.15, -0.1) is 0 Å². The highest BCUT2D eigenvalue weighted by Gasteiger charge is 2.37. The van der Waals surface area contributed by atoms with Gasteiger partial charge in [0.15, 0.2) is 0 Å². The van der Waals surface area contributed by atoms with Crippen LogP contribution in [0.3, 0.4) is 0 Å². The molecule has 0 rings (SSSR count). The summed E-state index contributed by atoms with van der Waals surface area (Å²) in [6, 6.07) is 0.863. The molecule has 0 aliphatic heterocycles. The summed E-state index contributed by atoms with van der Waals surface area (Å²) in [6.45, 7) is 6.66. The third-order valence-corrected chi connectivity index (χ3v) is 10.8. The molecule has 0 aliphatic rings. The monoisotopic (exact) mass is 515 g/mol. The van der Waals surface area contributed by atoms with Crippen molar-refractivity contribution in [2.24, 2.45) is 11.7 Å². The Morgan fingerprint density at radius 3 is 1.17 bits per heavy atom. The lowest BCUT2D eigenvalue weighted by Crippen LogP contribution is -2.44. The normalized spacial score (nSPS) is 13.5. The zero-order chi connectivity index (χ0) is 26.3. The van der Waals surface area contributed by atoms with E-state index in [0.29, 0.717) is 5.92 Å². The van der Waals surface area contributed by atoms with Gasteiger partial charge in [0.05, 0.1) is 0 Å². The summed E-state index contributed by atoms with van der Waals surface area (Å²) >= 11 is 0. The Morgan fingerprint density at radius 2 is 0.857 bits per heavy atom. The van der Waals surface area contributed by atoms with E-state index in [1.165, 1.54) is 122 Å². The van der Waals surface area contributed by atoms with Gasteiger partial charge < -0.3 is 19.0 Å². The van der Waals surface area contributed by atoms with E-state index in [2.05, 4.69) is 20.8 Å². The topological polar surface area (TPSA) is 53.7 Å². The fourth-order valence-corrected chi connectivity index (χ4v) is 7.05. The highest BCUT2D eigenvalue weighted by molar-refractivity contribution is 6.60. The molecule has 0 fully saturated rings. The molecule has 0 heterocycles. The molecular formula is C30H65NO3Si. The molecule has 4 nitrogen and oxygen atoms in total. The highest BCUT2D eigenvalue weighted by Crippen LogP contribution is 2.28. The van der Waals surface area contributed by atoms with Crippen LogP contribution in [0.25, 0.3) is 0 Å². The predicted molar refractivity (Wildman–Crippen MR) is 156 cm³/mol. The van der Waals surface area contributed by atoms with Crippen molar-refractivity contribution in [3.63, 3.8) is 0 Å². The minimum Gasteiger partial charge on any atom is -0.377 e. The molecular weight excluding hydrogens is 450 g/mol. The highest BCUT2D eigenvalue weighted by atomic mass is 28.4. The van der Waals surface area contributed by atoms with E-state index in [1.807, 2.05) is 0 Å². The molecule has 0 saturated heterocycles. The Morgan fingerprint density at radius 1 is 0.543 bits per heavy atom. The summed E-state index contributed by atoms with van der Waals surface area (Å²) in [5.74, 6) is 0.542. The maximum absolute atomic E-state index is 6.52. The fourth-order valence-electron chi connectivity index (χ4n) is 5.30. The molecule has 0 saturated carbocycles. The Labute approximate surface area is 222 Å². The Kier molecular flexibility index (Phi) is 23.2. The van der Waals surface area contributed by atoms with Crippen LogP contribution in [0.5, 0.6) is 0 Å². The second-order valence-corrected chi connectivity index (χ2v) is 14.6. The molecule has 0 spiro atoms. The Bertz CT molecular complexity index is 430. The quantitative estimate of drug-likeness (QED) is 0.0874. The van der Waals surface area contributed by atoms with Gasteiger partial charge in [0, 0.05) is 32.9 Å². The van der Waals surface area contributed by atoms with Crippen LogP contribution < -0.4 is 5.73 Å². The van der Waals surface area contributed by atoms with Crippen LogP contribution in [0.2, 0.25) is 6.04 Å². The number of unbranched alkanes of at least 4 members (excludes halogenated alkanes) is 17. The third kappa shape index (κ3) is 19.8. The average Bonchev–Trinajstić information content (AvgIpc) is 2.84. The van der Waals surface area contributed by atoms with Crippen LogP contribution in [-0.2, 0) is 13.3 Å². The summed E-state index contributed by atoms with van der Waals surface area (Å²) in [7, 11) is 2.62. The van der Waals surface area contributed by atoms with Gasteiger partial charge in [0.2, 0.25) is 0 Å². The first-order valence-electron chi connectivity index (χ1n) is 15.3. The summed E-state index contributed by atoms with van der Waals surface area (Å²) in [5, 5.41) is 0. The fraction of sp³-hybridized carbons (Fsp3) is 1.00. The Balaban J connectivity index is 3.65. The molecule has 2 N–H and O–H groups in total. The van der Waals surface area contributed by atoms with Gasteiger partial charge in [-0.25, -0.2) is 0 Å². The molecule has 1 unspecified atom stereocenters. The molecule has 212 valence electrons. The van der Waals surface area contributed by atoms with E-state index in [1.54, 1.807) is 21.3 Å². The van der Waals surface area contributed by atoms with Crippen molar-refractivity contribution in [3.8, 4) is 0 Å². The molecule has 0 aromatic carbocycles. The van der Waals surface area contributed by atoms with Gasteiger partial charge in [0.25, 0.3) is 0 Å². The van der Waals surface area contributed by atoms with Crippen LogP contribution in [0.4, 0.5) is 0 Å². The van der Waals surface area contributed by atoms with E-state index < -0.39 is 8.80 Å². The van der Waals surface area contributed by atoms with E-state index >= 15 is 0 Å². The summed E-state index contributed by atoms with van der Waals surface area (Å²) in [5.41, 5.74) is 6.39. The lowest BCUT2D eigenvalue weighted by atomic mass is 9.81. The summed E-state index contributed by atoms with van der Waals surface area (Å²) in [6.07, 6.45) is 29.0.